The third-order valence-electron chi connectivity index (χ3n) is 2.85. The molecule has 0 N–H and O–H groups in total. The van der Waals surface area contributed by atoms with Crippen molar-refractivity contribution < 1.29 is 30.7 Å². The van der Waals surface area contributed by atoms with Crippen LogP contribution in [0.5, 0.6) is 0 Å². The minimum Gasteiger partial charge on any atom is -0.199 e. The quantitative estimate of drug-likeness (QED) is 0.511. The van der Waals surface area contributed by atoms with Crippen LogP contribution in [0.25, 0.3) is 0 Å². The maximum Gasteiger partial charge on any atom is 0.459 e. The molecule has 0 aromatic carbocycles. The van der Waals surface area contributed by atoms with Crippen molar-refractivity contribution in [3.8, 4) is 0 Å². The first-order valence-electron chi connectivity index (χ1n) is 5.01. The largest absolute Gasteiger partial charge is 0.459 e. The van der Waals surface area contributed by atoms with E-state index < -0.39 is 23.9 Å². The number of halogens is 7. The summed E-state index contributed by atoms with van der Waals surface area (Å²) in [6.07, 6.45) is -4.45. The Labute approximate surface area is 93.5 Å². The van der Waals surface area contributed by atoms with Crippen molar-refractivity contribution in [2.45, 2.75) is 37.8 Å². The van der Waals surface area contributed by atoms with Gasteiger partial charge in [-0.1, -0.05) is 19.1 Å². The van der Waals surface area contributed by atoms with Crippen LogP contribution in [0.4, 0.5) is 30.7 Å². The maximum absolute atomic E-state index is 13.2. The number of hydrogen-bond acceptors (Lipinski definition) is 0. The summed E-state index contributed by atoms with van der Waals surface area (Å²) in [6.45, 7) is 1.67. The van der Waals surface area contributed by atoms with E-state index in [1.807, 2.05) is 0 Å². The molecular weight excluding hydrogens is 253 g/mol. The molecule has 0 spiro atoms. The molecule has 100 valence electrons. The van der Waals surface area contributed by atoms with E-state index in [0.29, 0.717) is 0 Å². The van der Waals surface area contributed by atoms with Gasteiger partial charge in [-0.3, -0.25) is 0 Å². The molecule has 0 saturated carbocycles. The first kappa shape index (κ1) is 14.3. The molecule has 0 aliphatic heterocycles. The van der Waals surface area contributed by atoms with Crippen molar-refractivity contribution in [1.29, 1.82) is 0 Å². The lowest BCUT2D eigenvalue weighted by atomic mass is 9.83. The van der Waals surface area contributed by atoms with Gasteiger partial charge in [-0.05, 0) is 18.8 Å². The lowest BCUT2D eigenvalue weighted by molar-refractivity contribution is -0.363. The molecule has 0 aromatic heterocycles. The molecule has 2 unspecified atom stereocenters. The fourth-order valence-electron chi connectivity index (χ4n) is 1.68. The standard InChI is InChI=1S/C10H11F7/c1-6-2-4-7(5-3-6)8(11,12)9(13,14)10(15,16)17/h2,4,6-7H,3,5H2,1H3. The number of rotatable bonds is 2. The Kier molecular flexibility index (Phi) is 3.51. The van der Waals surface area contributed by atoms with Crippen LogP contribution in [0.2, 0.25) is 0 Å². The van der Waals surface area contributed by atoms with Gasteiger partial charge < -0.3 is 0 Å². The lowest BCUT2D eigenvalue weighted by Gasteiger charge is -2.34. The van der Waals surface area contributed by atoms with E-state index in [9.17, 15) is 30.7 Å². The predicted molar refractivity (Wildman–Crippen MR) is 47.0 cm³/mol. The molecule has 0 heterocycles. The summed E-state index contributed by atoms with van der Waals surface area (Å²) >= 11 is 0. The summed E-state index contributed by atoms with van der Waals surface area (Å²) in [5.41, 5.74) is 0. The van der Waals surface area contributed by atoms with Crippen molar-refractivity contribution in [2.75, 3.05) is 0 Å². The molecule has 1 aliphatic carbocycles. The van der Waals surface area contributed by atoms with Crippen LogP contribution >= 0.6 is 0 Å². The Morgan fingerprint density at radius 2 is 1.41 bits per heavy atom. The second-order valence-corrected chi connectivity index (χ2v) is 4.24. The van der Waals surface area contributed by atoms with Gasteiger partial charge in [0.15, 0.2) is 0 Å². The molecule has 0 nitrogen and oxygen atoms in total. The molecule has 0 fully saturated rings. The zero-order valence-electron chi connectivity index (χ0n) is 8.87. The molecule has 7 heteroatoms. The summed E-state index contributed by atoms with van der Waals surface area (Å²) in [7, 11) is 0. The molecule has 0 bridgehead atoms. The first-order chi connectivity index (χ1) is 7.50. The predicted octanol–water partition coefficient (Wildman–Crippen LogP) is 4.42. The summed E-state index contributed by atoms with van der Waals surface area (Å²) in [4.78, 5) is 0. The average Bonchev–Trinajstić information content (AvgIpc) is 2.16. The molecular formula is C10H11F7. The highest BCUT2D eigenvalue weighted by Crippen LogP contribution is 2.51. The van der Waals surface area contributed by atoms with Gasteiger partial charge in [0.1, 0.15) is 0 Å². The second-order valence-electron chi connectivity index (χ2n) is 4.24. The Balaban J connectivity index is 2.99. The van der Waals surface area contributed by atoms with Crippen LogP contribution in [0, 0.1) is 11.8 Å². The van der Waals surface area contributed by atoms with Gasteiger partial charge in [0.2, 0.25) is 0 Å². The molecule has 0 radical (unpaired) electrons. The summed E-state index contributed by atoms with van der Waals surface area (Å²) in [5.74, 6) is -13.3. The highest BCUT2D eigenvalue weighted by molar-refractivity contribution is 5.07. The topological polar surface area (TPSA) is 0 Å². The summed E-state index contributed by atoms with van der Waals surface area (Å²) in [5, 5.41) is 0. The van der Waals surface area contributed by atoms with Crippen LogP contribution in [0.15, 0.2) is 12.2 Å². The van der Waals surface area contributed by atoms with Gasteiger partial charge in [-0.25, -0.2) is 0 Å². The maximum atomic E-state index is 13.2. The van der Waals surface area contributed by atoms with Crippen molar-refractivity contribution in [1.82, 2.24) is 0 Å². The molecule has 1 rings (SSSR count). The van der Waals surface area contributed by atoms with E-state index in [1.54, 1.807) is 6.92 Å². The van der Waals surface area contributed by atoms with Crippen molar-refractivity contribution >= 4 is 0 Å². The minimum atomic E-state index is -6.24. The van der Waals surface area contributed by atoms with E-state index in [-0.39, 0.29) is 18.8 Å². The number of alkyl halides is 7. The summed E-state index contributed by atoms with van der Waals surface area (Å²) < 4.78 is 87.5. The van der Waals surface area contributed by atoms with Gasteiger partial charge >= 0.3 is 18.0 Å². The Morgan fingerprint density at radius 3 is 1.76 bits per heavy atom. The van der Waals surface area contributed by atoms with E-state index >= 15 is 0 Å². The van der Waals surface area contributed by atoms with Crippen molar-refractivity contribution in [2.24, 2.45) is 11.8 Å². The summed E-state index contributed by atoms with van der Waals surface area (Å²) in [6, 6.07) is 0. The highest BCUT2D eigenvalue weighted by Gasteiger charge is 2.74. The van der Waals surface area contributed by atoms with Crippen LogP contribution in [-0.4, -0.2) is 18.0 Å². The molecule has 0 amide bonds. The van der Waals surface area contributed by atoms with E-state index in [2.05, 4.69) is 0 Å². The third kappa shape index (κ3) is 2.42. The molecule has 0 aromatic rings. The highest BCUT2D eigenvalue weighted by atomic mass is 19.4. The van der Waals surface area contributed by atoms with E-state index in [1.165, 1.54) is 6.08 Å². The number of hydrogen-bond donors (Lipinski definition) is 0. The zero-order chi connectivity index (χ0) is 13.5. The van der Waals surface area contributed by atoms with Crippen molar-refractivity contribution in [3.05, 3.63) is 12.2 Å². The van der Waals surface area contributed by atoms with Crippen molar-refractivity contribution in [3.63, 3.8) is 0 Å². The smallest absolute Gasteiger partial charge is 0.199 e. The monoisotopic (exact) mass is 264 g/mol. The fraction of sp³-hybridized carbons (Fsp3) is 0.800. The Bertz CT molecular complexity index is 302. The normalized spacial score (nSPS) is 27.3. The molecule has 1 aliphatic rings. The van der Waals surface area contributed by atoms with Gasteiger partial charge in [-0.15, -0.1) is 0 Å². The lowest BCUT2D eigenvalue weighted by Crippen LogP contribution is -2.55. The SMILES string of the molecule is CC1C=CC(C(F)(F)C(F)(F)C(F)(F)F)CC1. The second kappa shape index (κ2) is 4.17. The Morgan fingerprint density at radius 1 is 0.882 bits per heavy atom. The van der Waals surface area contributed by atoms with Gasteiger partial charge in [0.25, 0.3) is 0 Å². The van der Waals surface area contributed by atoms with E-state index in [4.69, 9.17) is 0 Å². The van der Waals surface area contributed by atoms with Crippen LogP contribution in [-0.2, 0) is 0 Å². The van der Waals surface area contributed by atoms with Crippen LogP contribution in [0.3, 0.4) is 0 Å². The molecule has 2 atom stereocenters. The molecule has 17 heavy (non-hydrogen) atoms. The third-order valence-corrected chi connectivity index (χ3v) is 2.85. The van der Waals surface area contributed by atoms with Gasteiger partial charge in [-0.2, -0.15) is 30.7 Å². The Hall–Kier alpha value is -0.750. The average molecular weight is 264 g/mol. The first-order valence-corrected chi connectivity index (χ1v) is 5.01. The van der Waals surface area contributed by atoms with E-state index in [0.717, 1.165) is 6.08 Å². The fourth-order valence-corrected chi connectivity index (χ4v) is 1.68. The number of allylic oxidation sites excluding steroid dienone is 2. The van der Waals surface area contributed by atoms with Gasteiger partial charge in [0, 0.05) is 5.92 Å². The minimum absolute atomic E-state index is 0.0819. The van der Waals surface area contributed by atoms with Gasteiger partial charge in [0.05, 0.1) is 0 Å². The zero-order valence-corrected chi connectivity index (χ0v) is 8.87. The van der Waals surface area contributed by atoms with Crippen LogP contribution in [0.1, 0.15) is 19.8 Å². The van der Waals surface area contributed by atoms with Crippen LogP contribution < -0.4 is 0 Å². The molecule has 0 saturated heterocycles.